The first-order chi connectivity index (χ1) is 9.56. The summed E-state index contributed by atoms with van der Waals surface area (Å²) in [4.78, 5) is 12.1. The fourth-order valence-corrected chi connectivity index (χ4v) is 2.33. The Labute approximate surface area is 114 Å². The van der Waals surface area contributed by atoms with Crippen LogP contribution in [0.5, 0.6) is 5.75 Å². The van der Waals surface area contributed by atoms with E-state index >= 15 is 0 Å². The summed E-state index contributed by atoms with van der Waals surface area (Å²) >= 11 is 0. The van der Waals surface area contributed by atoms with Gasteiger partial charge < -0.3 is 10.5 Å². The van der Waals surface area contributed by atoms with Crippen LogP contribution < -0.4 is 10.5 Å². The van der Waals surface area contributed by atoms with Crippen molar-refractivity contribution in [2.75, 3.05) is 5.73 Å². The van der Waals surface area contributed by atoms with Crippen molar-refractivity contribution in [2.45, 2.75) is 12.5 Å². The number of carbonyl (C=O) groups excluding carboxylic acids is 1. The maximum atomic E-state index is 13.8. The van der Waals surface area contributed by atoms with Gasteiger partial charge in [-0.15, -0.1) is 0 Å². The number of Topliss-reactive ketones (excluding diaryl/α,β-unsaturated/α-hetero) is 1. The predicted octanol–water partition coefficient (Wildman–Crippen LogP) is 3.25. The Morgan fingerprint density at radius 1 is 1.20 bits per heavy atom. The van der Waals surface area contributed by atoms with Crippen molar-refractivity contribution in [3.05, 3.63) is 59.2 Å². The maximum absolute atomic E-state index is 13.8. The van der Waals surface area contributed by atoms with Gasteiger partial charge in [0, 0.05) is 11.6 Å². The van der Waals surface area contributed by atoms with Crippen LogP contribution in [0.15, 0.2) is 36.4 Å². The minimum absolute atomic E-state index is 0.0365. The summed E-state index contributed by atoms with van der Waals surface area (Å²) in [5.41, 5.74) is 6.10. The highest BCUT2D eigenvalue weighted by molar-refractivity contribution is 6.01. The van der Waals surface area contributed by atoms with Gasteiger partial charge in [-0.25, -0.2) is 8.78 Å². The van der Waals surface area contributed by atoms with Crippen LogP contribution in [0.3, 0.4) is 0 Å². The Hall–Kier alpha value is -2.43. The number of nitrogen functional groups attached to an aromatic ring is 1. The van der Waals surface area contributed by atoms with Crippen molar-refractivity contribution in [2.24, 2.45) is 0 Å². The molecule has 3 nitrogen and oxygen atoms in total. The van der Waals surface area contributed by atoms with Crippen molar-refractivity contribution < 1.29 is 18.3 Å². The highest BCUT2D eigenvalue weighted by Gasteiger charge is 2.31. The van der Waals surface area contributed by atoms with Crippen LogP contribution in [0.25, 0.3) is 0 Å². The largest absolute Gasteiger partial charge is 0.482 e. The molecule has 0 saturated heterocycles. The summed E-state index contributed by atoms with van der Waals surface area (Å²) < 4.78 is 32.6. The predicted molar refractivity (Wildman–Crippen MR) is 69.5 cm³/mol. The summed E-state index contributed by atoms with van der Waals surface area (Å²) in [7, 11) is 0. The van der Waals surface area contributed by atoms with Crippen molar-refractivity contribution in [3.63, 3.8) is 0 Å². The Balaban J connectivity index is 2.05. The molecule has 0 saturated carbocycles. The second-order valence-electron chi connectivity index (χ2n) is 4.63. The first-order valence-electron chi connectivity index (χ1n) is 6.09. The van der Waals surface area contributed by atoms with Crippen molar-refractivity contribution in [3.8, 4) is 5.75 Å². The number of anilines is 1. The fourth-order valence-electron chi connectivity index (χ4n) is 2.33. The molecule has 0 aromatic heterocycles. The molecule has 0 spiro atoms. The smallest absolute Gasteiger partial charge is 0.170 e. The van der Waals surface area contributed by atoms with Crippen molar-refractivity contribution in [1.82, 2.24) is 0 Å². The highest BCUT2D eigenvalue weighted by atomic mass is 19.1. The van der Waals surface area contributed by atoms with Crippen molar-refractivity contribution in [1.29, 1.82) is 0 Å². The van der Waals surface area contributed by atoms with E-state index in [9.17, 15) is 13.6 Å². The van der Waals surface area contributed by atoms with Crippen LogP contribution in [0.4, 0.5) is 14.5 Å². The van der Waals surface area contributed by atoms with E-state index in [-0.39, 0.29) is 34.8 Å². The number of ether oxygens (including phenoxy) is 1. The second kappa shape index (κ2) is 4.59. The lowest BCUT2D eigenvalue weighted by Crippen LogP contribution is -2.22. The Morgan fingerprint density at radius 2 is 1.95 bits per heavy atom. The minimum Gasteiger partial charge on any atom is -0.482 e. The molecule has 0 aliphatic carbocycles. The van der Waals surface area contributed by atoms with E-state index in [1.807, 2.05) is 0 Å². The molecular formula is C15H11F2NO2. The molecule has 1 aliphatic rings. The third-order valence-electron chi connectivity index (χ3n) is 3.27. The molecular weight excluding hydrogens is 264 g/mol. The molecule has 1 heterocycles. The summed E-state index contributed by atoms with van der Waals surface area (Å²) in [6, 6.07) is 8.24. The summed E-state index contributed by atoms with van der Waals surface area (Å²) in [5.74, 6) is -1.24. The van der Waals surface area contributed by atoms with Crippen molar-refractivity contribution >= 4 is 11.5 Å². The van der Waals surface area contributed by atoms with E-state index in [0.717, 1.165) is 12.1 Å². The third kappa shape index (κ3) is 2.01. The number of fused-ring (bicyclic) bond motifs is 1. The Morgan fingerprint density at radius 3 is 2.70 bits per heavy atom. The van der Waals surface area contributed by atoms with Gasteiger partial charge in [0.2, 0.25) is 0 Å². The molecule has 3 rings (SSSR count). The van der Waals surface area contributed by atoms with Crippen LogP contribution in [0.1, 0.15) is 28.4 Å². The highest BCUT2D eigenvalue weighted by Crippen LogP contribution is 2.39. The van der Waals surface area contributed by atoms with Gasteiger partial charge in [0.05, 0.1) is 17.7 Å². The fraction of sp³-hybridized carbons (Fsp3) is 0.133. The second-order valence-corrected chi connectivity index (χ2v) is 4.63. The summed E-state index contributed by atoms with van der Waals surface area (Å²) in [6.07, 6.45) is -0.791. The van der Waals surface area contributed by atoms with Gasteiger partial charge in [-0.05, 0) is 12.1 Å². The number of hydrogen-bond acceptors (Lipinski definition) is 3. The standard InChI is InChI=1S/C15H11F2NO2/c16-8-5-10-13(19)7-14(20-15(10)12(18)6-8)9-3-1-2-4-11(9)17/h1-6,14H,7,18H2. The number of ketones is 1. The molecule has 0 amide bonds. The lowest BCUT2D eigenvalue weighted by atomic mass is 9.95. The molecule has 1 atom stereocenters. The lowest BCUT2D eigenvalue weighted by Gasteiger charge is -2.26. The zero-order chi connectivity index (χ0) is 14.3. The number of rotatable bonds is 1. The van der Waals surface area contributed by atoms with E-state index in [1.54, 1.807) is 18.2 Å². The van der Waals surface area contributed by atoms with Crippen LogP contribution in [-0.2, 0) is 0 Å². The molecule has 20 heavy (non-hydrogen) atoms. The van der Waals surface area contributed by atoms with Gasteiger partial charge in [-0.3, -0.25) is 4.79 Å². The SMILES string of the molecule is Nc1cc(F)cc2c1OC(c1ccccc1F)CC2=O. The lowest BCUT2D eigenvalue weighted by molar-refractivity contribution is 0.0846. The molecule has 0 fully saturated rings. The average molecular weight is 275 g/mol. The number of hydrogen-bond donors (Lipinski definition) is 1. The maximum Gasteiger partial charge on any atom is 0.170 e. The number of nitrogens with two attached hydrogens (primary N) is 1. The van der Waals surface area contributed by atoms with Gasteiger partial charge in [0.15, 0.2) is 11.5 Å². The quantitative estimate of drug-likeness (QED) is 0.813. The molecule has 1 aliphatic heterocycles. The first kappa shape index (κ1) is 12.6. The van der Waals surface area contributed by atoms with Crippen LogP contribution in [-0.4, -0.2) is 5.78 Å². The van der Waals surface area contributed by atoms with Gasteiger partial charge in [-0.1, -0.05) is 18.2 Å². The topological polar surface area (TPSA) is 52.3 Å². The number of carbonyl (C=O) groups is 1. The summed E-state index contributed by atoms with van der Waals surface area (Å²) in [6.45, 7) is 0. The van der Waals surface area contributed by atoms with Gasteiger partial charge in [0.1, 0.15) is 17.7 Å². The van der Waals surface area contributed by atoms with E-state index in [4.69, 9.17) is 10.5 Å². The van der Waals surface area contributed by atoms with E-state index < -0.39 is 17.7 Å². The molecule has 2 N–H and O–H groups in total. The zero-order valence-corrected chi connectivity index (χ0v) is 10.4. The Bertz CT molecular complexity index is 700. The van der Waals surface area contributed by atoms with E-state index in [0.29, 0.717) is 0 Å². The molecule has 0 radical (unpaired) electrons. The van der Waals surface area contributed by atoms with Gasteiger partial charge in [0.25, 0.3) is 0 Å². The third-order valence-corrected chi connectivity index (χ3v) is 3.27. The van der Waals surface area contributed by atoms with Gasteiger partial charge >= 0.3 is 0 Å². The molecule has 5 heteroatoms. The number of halogens is 2. The molecule has 102 valence electrons. The minimum atomic E-state index is -0.746. The molecule has 2 aromatic carbocycles. The monoisotopic (exact) mass is 275 g/mol. The molecule has 0 bridgehead atoms. The Kier molecular flexibility index (Phi) is 2.89. The number of benzene rings is 2. The summed E-state index contributed by atoms with van der Waals surface area (Å²) in [5, 5.41) is 0. The van der Waals surface area contributed by atoms with E-state index in [1.165, 1.54) is 6.07 Å². The normalized spacial score (nSPS) is 17.5. The van der Waals surface area contributed by atoms with E-state index in [2.05, 4.69) is 0 Å². The van der Waals surface area contributed by atoms with Crippen LogP contribution in [0.2, 0.25) is 0 Å². The molecule has 2 aromatic rings. The zero-order valence-electron chi connectivity index (χ0n) is 10.4. The average Bonchev–Trinajstić information content (AvgIpc) is 2.40. The van der Waals surface area contributed by atoms with Gasteiger partial charge in [-0.2, -0.15) is 0 Å². The van der Waals surface area contributed by atoms with Crippen LogP contribution in [0, 0.1) is 11.6 Å². The van der Waals surface area contributed by atoms with Crippen LogP contribution >= 0.6 is 0 Å². The first-order valence-corrected chi connectivity index (χ1v) is 6.09. The molecule has 1 unspecified atom stereocenters.